The van der Waals surface area contributed by atoms with Crippen LogP contribution in [0.25, 0.3) is 16.7 Å². The summed E-state index contributed by atoms with van der Waals surface area (Å²) in [5.74, 6) is 0.426. The van der Waals surface area contributed by atoms with Crippen molar-refractivity contribution < 1.29 is 4.79 Å². The second-order valence-electron chi connectivity index (χ2n) is 6.69. The fourth-order valence-electron chi connectivity index (χ4n) is 3.39. The smallest absolute Gasteiger partial charge is 0.263 e. The maximum absolute atomic E-state index is 12.6. The van der Waals surface area contributed by atoms with Gasteiger partial charge in [-0.1, -0.05) is 32.0 Å². The first kappa shape index (κ1) is 16.3. The third-order valence-corrected chi connectivity index (χ3v) is 4.59. The standard InChI is InChI=1S/C18H20N6O2/c1-11(2)14-17(26)19-8-9-23(14)18-21-15-13(16(25)22-18)10-20-24(15)12-6-4-3-5-7-12/h3-7,10-11,14H,8-9H2,1-2H3,(H,19,26)(H,21,22,25)/t14-/m1/s1. The van der Waals surface area contributed by atoms with Gasteiger partial charge >= 0.3 is 0 Å². The van der Waals surface area contributed by atoms with Crippen molar-refractivity contribution in [1.82, 2.24) is 25.1 Å². The molecule has 0 spiro atoms. The normalized spacial score (nSPS) is 17.7. The fraction of sp³-hybridized carbons (Fsp3) is 0.333. The van der Waals surface area contributed by atoms with Gasteiger partial charge in [0.25, 0.3) is 5.56 Å². The number of carbonyl (C=O) groups excluding carboxylic acids is 1. The van der Waals surface area contributed by atoms with Crippen LogP contribution in [0.4, 0.5) is 5.95 Å². The second-order valence-corrected chi connectivity index (χ2v) is 6.69. The van der Waals surface area contributed by atoms with Crippen LogP contribution < -0.4 is 15.8 Å². The SMILES string of the molecule is CC(C)[C@@H]1C(=O)NCCN1c1nc2c(cnn2-c2ccccc2)c(=O)[nH]1. The Labute approximate surface area is 149 Å². The van der Waals surface area contributed by atoms with E-state index in [9.17, 15) is 9.59 Å². The Balaban J connectivity index is 1.86. The van der Waals surface area contributed by atoms with Gasteiger partial charge in [0, 0.05) is 13.1 Å². The van der Waals surface area contributed by atoms with E-state index in [-0.39, 0.29) is 23.4 Å². The van der Waals surface area contributed by atoms with E-state index in [1.165, 1.54) is 6.20 Å². The lowest BCUT2D eigenvalue weighted by Crippen LogP contribution is -2.58. The van der Waals surface area contributed by atoms with Gasteiger partial charge in [-0.2, -0.15) is 10.1 Å². The van der Waals surface area contributed by atoms with Crippen molar-refractivity contribution in [3.05, 3.63) is 46.9 Å². The highest BCUT2D eigenvalue weighted by atomic mass is 16.2. The Hall–Kier alpha value is -3.16. The summed E-state index contributed by atoms with van der Waals surface area (Å²) in [5, 5.41) is 7.61. The monoisotopic (exact) mass is 352 g/mol. The predicted molar refractivity (Wildman–Crippen MR) is 98.5 cm³/mol. The van der Waals surface area contributed by atoms with Crippen LogP contribution in [0.15, 0.2) is 41.3 Å². The lowest BCUT2D eigenvalue weighted by atomic mass is 10.00. The van der Waals surface area contributed by atoms with Gasteiger partial charge in [-0.15, -0.1) is 0 Å². The topological polar surface area (TPSA) is 95.9 Å². The first-order valence-electron chi connectivity index (χ1n) is 8.64. The van der Waals surface area contributed by atoms with Crippen molar-refractivity contribution in [3.63, 3.8) is 0 Å². The minimum atomic E-state index is -0.377. The van der Waals surface area contributed by atoms with Gasteiger partial charge < -0.3 is 10.2 Å². The maximum atomic E-state index is 12.6. The van der Waals surface area contributed by atoms with Gasteiger partial charge in [-0.25, -0.2) is 4.68 Å². The van der Waals surface area contributed by atoms with Crippen molar-refractivity contribution in [3.8, 4) is 5.69 Å². The van der Waals surface area contributed by atoms with E-state index >= 15 is 0 Å². The van der Waals surface area contributed by atoms with Gasteiger partial charge in [-0.3, -0.25) is 14.6 Å². The molecule has 26 heavy (non-hydrogen) atoms. The van der Waals surface area contributed by atoms with Crippen LogP contribution in [0.2, 0.25) is 0 Å². The van der Waals surface area contributed by atoms with Gasteiger partial charge in [-0.05, 0) is 18.1 Å². The van der Waals surface area contributed by atoms with Gasteiger partial charge in [0.05, 0.1) is 11.9 Å². The Morgan fingerprint density at radius 2 is 1.96 bits per heavy atom. The summed E-state index contributed by atoms with van der Waals surface area (Å²) in [4.78, 5) is 34.2. The number of amides is 1. The molecule has 1 aliphatic rings. The molecule has 8 heteroatoms. The minimum absolute atomic E-state index is 0.0504. The zero-order valence-electron chi connectivity index (χ0n) is 14.6. The minimum Gasteiger partial charge on any atom is -0.353 e. The zero-order valence-corrected chi connectivity index (χ0v) is 14.6. The average Bonchev–Trinajstić information content (AvgIpc) is 3.06. The molecule has 8 nitrogen and oxygen atoms in total. The molecule has 1 saturated heterocycles. The van der Waals surface area contributed by atoms with Crippen LogP contribution in [0, 0.1) is 5.92 Å². The Morgan fingerprint density at radius 3 is 2.69 bits per heavy atom. The summed E-state index contributed by atoms with van der Waals surface area (Å²) in [7, 11) is 0. The third-order valence-electron chi connectivity index (χ3n) is 4.59. The van der Waals surface area contributed by atoms with E-state index in [1.807, 2.05) is 49.1 Å². The van der Waals surface area contributed by atoms with E-state index in [0.29, 0.717) is 30.1 Å². The van der Waals surface area contributed by atoms with Crippen LogP contribution in [0.3, 0.4) is 0 Å². The van der Waals surface area contributed by atoms with Crippen LogP contribution in [0.1, 0.15) is 13.8 Å². The highest BCUT2D eigenvalue weighted by Gasteiger charge is 2.34. The van der Waals surface area contributed by atoms with Crippen LogP contribution >= 0.6 is 0 Å². The summed E-state index contributed by atoms with van der Waals surface area (Å²) >= 11 is 0. The lowest BCUT2D eigenvalue weighted by molar-refractivity contribution is -0.124. The third kappa shape index (κ3) is 2.63. The maximum Gasteiger partial charge on any atom is 0.263 e. The molecule has 3 heterocycles. The quantitative estimate of drug-likeness (QED) is 0.735. The number of H-pyrrole nitrogens is 1. The second kappa shape index (κ2) is 6.29. The number of para-hydroxylation sites is 1. The number of fused-ring (bicyclic) bond motifs is 1. The number of aromatic nitrogens is 4. The largest absolute Gasteiger partial charge is 0.353 e. The summed E-state index contributed by atoms with van der Waals surface area (Å²) in [6.07, 6.45) is 1.51. The number of hydrogen-bond donors (Lipinski definition) is 2. The molecule has 0 saturated carbocycles. The van der Waals surface area contributed by atoms with Crippen molar-refractivity contribution in [2.75, 3.05) is 18.0 Å². The van der Waals surface area contributed by atoms with Crippen LogP contribution in [0.5, 0.6) is 0 Å². The predicted octanol–water partition coefficient (Wildman–Crippen LogP) is 1.07. The Kier molecular flexibility index (Phi) is 3.95. The number of nitrogens with one attached hydrogen (secondary N) is 2. The van der Waals surface area contributed by atoms with Crippen molar-refractivity contribution in [2.24, 2.45) is 5.92 Å². The van der Waals surface area contributed by atoms with Gasteiger partial charge in [0.2, 0.25) is 11.9 Å². The highest BCUT2D eigenvalue weighted by Crippen LogP contribution is 2.21. The van der Waals surface area contributed by atoms with E-state index in [1.54, 1.807) is 4.68 Å². The number of rotatable bonds is 3. The van der Waals surface area contributed by atoms with Crippen molar-refractivity contribution in [2.45, 2.75) is 19.9 Å². The first-order valence-corrected chi connectivity index (χ1v) is 8.64. The summed E-state index contributed by atoms with van der Waals surface area (Å²) in [6, 6.07) is 9.15. The number of benzene rings is 1. The number of piperazine rings is 1. The molecule has 1 fully saturated rings. The molecule has 1 aliphatic heterocycles. The van der Waals surface area contributed by atoms with Crippen molar-refractivity contribution in [1.29, 1.82) is 0 Å². The Morgan fingerprint density at radius 1 is 1.19 bits per heavy atom. The molecule has 134 valence electrons. The van der Waals surface area contributed by atoms with E-state index in [2.05, 4.69) is 20.4 Å². The molecule has 2 N–H and O–H groups in total. The van der Waals surface area contributed by atoms with E-state index in [4.69, 9.17) is 0 Å². The molecule has 0 unspecified atom stereocenters. The zero-order chi connectivity index (χ0) is 18.3. The van der Waals surface area contributed by atoms with Gasteiger partial charge in [0.15, 0.2) is 5.65 Å². The summed E-state index contributed by atoms with van der Waals surface area (Å²) < 4.78 is 1.64. The molecule has 0 radical (unpaired) electrons. The molecule has 1 aromatic carbocycles. The number of aromatic amines is 1. The van der Waals surface area contributed by atoms with E-state index < -0.39 is 0 Å². The van der Waals surface area contributed by atoms with Crippen LogP contribution in [-0.4, -0.2) is 44.8 Å². The molecule has 1 atom stereocenters. The molecular formula is C18H20N6O2. The number of nitrogens with zero attached hydrogens (tertiary/aromatic N) is 4. The molecule has 0 aliphatic carbocycles. The Bertz CT molecular complexity index is 1010. The highest BCUT2D eigenvalue weighted by molar-refractivity contribution is 5.86. The molecular weight excluding hydrogens is 332 g/mol. The van der Waals surface area contributed by atoms with Gasteiger partial charge in [0.1, 0.15) is 11.4 Å². The average molecular weight is 352 g/mol. The molecule has 3 aromatic rings. The number of anilines is 1. The van der Waals surface area contributed by atoms with E-state index in [0.717, 1.165) is 5.69 Å². The van der Waals surface area contributed by atoms with Crippen molar-refractivity contribution >= 4 is 22.9 Å². The first-order chi connectivity index (χ1) is 12.6. The molecule has 4 rings (SSSR count). The van der Waals surface area contributed by atoms with Crippen LogP contribution in [-0.2, 0) is 4.79 Å². The fourth-order valence-corrected chi connectivity index (χ4v) is 3.39. The molecule has 0 bridgehead atoms. The number of hydrogen-bond acceptors (Lipinski definition) is 5. The molecule has 1 amide bonds. The number of carbonyl (C=O) groups is 1. The summed E-state index contributed by atoms with van der Waals surface area (Å²) in [5.41, 5.74) is 1.03. The summed E-state index contributed by atoms with van der Waals surface area (Å²) in [6.45, 7) is 5.06. The molecule has 2 aromatic heterocycles. The lowest BCUT2D eigenvalue weighted by Gasteiger charge is -2.37.